The zero-order chi connectivity index (χ0) is 13.1. The summed E-state index contributed by atoms with van der Waals surface area (Å²) in [6.07, 6.45) is 3.29. The van der Waals surface area contributed by atoms with E-state index < -0.39 is 11.6 Å². The summed E-state index contributed by atoms with van der Waals surface area (Å²) >= 11 is 0. The van der Waals surface area contributed by atoms with Crippen LogP contribution in [-0.4, -0.2) is 12.6 Å². The first kappa shape index (κ1) is 13.5. The Morgan fingerprint density at radius 2 is 2.00 bits per heavy atom. The van der Waals surface area contributed by atoms with Gasteiger partial charge in [-0.15, -0.1) is 0 Å². The second-order valence-electron chi connectivity index (χ2n) is 5.28. The summed E-state index contributed by atoms with van der Waals surface area (Å²) < 4.78 is 26.2. The quantitative estimate of drug-likeness (QED) is 0.859. The highest BCUT2D eigenvalue weighted by atomic mass is 19.2. The van der Waals surface area contributed by atoms with E-state index in [2.05, 4.69) is 19.2 Å². The van der Waals surface area contributed by atoms with Crippen molar-refractivity contribution in [1.82, 2.24) is 5.32 Å². The van der Waals surface area contributed by atoms with Crippen molar-refractivity contribution < 1.29 is 8.78 Å². The normalized spacial score (nSPS) is 27.7. The molecule has 0 amide bonds. The third-order valence-corrected chi connectivity index (χ3v) is 4.09. The zero-order valence-corrected chi connectivity index (χ0v) is 11.0. The molecule has 0 aromatic heterocycles. The smallest absolute Gasteiger partial charge is 0.159 e. The van der Waals surface area contributed by atoms with Gasteiger partial charge in [0.1, 0.15) is 0 Å². The van der Waals surface area contributed by atoms with Crippen LogP contribution in [0.15, 0.2) is 18.2 Å². The predicted molar refractivity (Wildman–Crippen MR) is 69.6 cm³/mol. The molecule has 100 valence electrons. The van der Waals surface area contributed by atoms with Gasteiger partial charge in [0.2, 0.25) is 0 Å². The van der Waals surface area contributed by atoms with E-state index in [9.17, 15) is 8.78 Å². The largest absolute Gasteiger partial charge is 0.314 e. The second-order valence-corrected chi connectivity index (χ2v) is 5.28. The van der Waals surface area contributed by atoms with Crippen molar-refractivity contribution >= 4 is 0 Å². The lowest BCUT2D eigenvalue weighted by Gasteiger charge is -2.22. The van der Waals surface area contributed by atoms with Crippen molar-refractivity contribution in [3.8, 4) is 0 Å². The summed E-state index contributed by atoms with van der Waals surface area (Å²) in [5.41, 5.74) is 0.933. The third-order valence-electron chi connectivity index (χ3n) is 4.09. The van der Waals surface area contributed by atoms with E-state index in [1.54, 1.807) is 6.07 Å². The Morgan fingerprint density at radius 3 is 2.67 bits per heavy atom. The number of benzene rings is 1. The van der Waals surface area contributed by atoms with Gasteiger partial charge in [0.25, 0.3) is 0 Å². The number of nitrogens with one attached hydrogen (secondary N) is 1. The van der Waals surface area contributed by atoms with Gasteiger partial charge in [-0.2, -0.15) is 0 Å². The molecule has 0 heterocycles. The molecule has 18 heavy (non-hydrogen) atoms. The Morgan fingerprint density at radius 1 is 1.22 bits per heavy atom. The fraction of sp³-hybridized carbons (Fsp3) is 0.600. The first-order chi connectivity index (χ1) is 8.63. The number of halogens is 2. The lowest BCUT2D eigenvalue weighted by Crippen LogP contribution is -2.32. The Bertz CT molecular complexity index is 405. The molecule has 1 N–H and O–H groups in total. The highest BCUT2D eigenvalue weighted by molar-refractivity contribution is 5.24. The van der Waals surface area contributed by atoms with Crippen molar-refractivity contribution in [1.29, 1.82) is 0 Å². The lowest BCUT2D eigenvalue weighted by atomic mass is 9.89. The second kappa shape index (κ2) is 5.79. The summed E-state index contributed by atoms with van der Waals surface area (Å²) in [4.78, 5) is 0. The van der Waals surface area contributed by atoms with Crippen LogP contribution in [0.3, 0.4) is 0 Å². The molecule has 1 nitrogen and oxygen atoms in total. The van der Waals surface area contributed by atoms with Crippen molar-refractivity contribution in [2.45, 2.75) is 45.1 Å². The number of rotatable bonds is 4. The maximum atomic E-state index is 13.3. The molecule has 1 aromatic carbocycles. The maximum Gasteiger partial charge on any atom is 0.159 e. The summed E-state index contributed by atoms with van der Waals surface area (Å²) in [6, 6.07) is 4.83. The molecule has 0 radical (unpaired) electrons. The summed E-state index contributed by atoms with van der Waals surface area (Å²) in [7, 11) is 0. The zero-order valence-electron chi connectivity index (χ0n) is 11.0. The maximum absolute atomic E-state index is 13.3. The van der Waals surface area contributed by atoms with E-state index in [-0.39, 0.29) is 0 Å². The van der Waals surface area contributed by atoms with Crippen LogP contribution in [0.25, 0.3) is 0 Å². The molecule has 1 fully saturated rings. The van der Waals surface area contributed by atoms with Gasteiger partial charge < -0.3 is 5.32 Å². The van der Waals surface area contributed by atoms with E-state index in [0.717, 1.165) is 31.4 Å². The van der Waals surface area contributed by atoms with E-state index in [4.69, 9.17) is 0 Å². The molecule has 1 aliphatic rings. The fourth-order valence-electron chi connectivity index (χ4n) is 3.00. The van der Waals surface area contributed by atoms with E-state index in [1.165, 1.54) is 12.1 Å². The summed E-state index contributed by atoms with van der Waals surface area (Å²) in [5.74, 6) is -0.675. The highest BCUT2D eigenvalue weighted by Crippen LogP contribution is 2.39. The Hall–Kier alpha value is -0.960. The van der Waals surface area contributed by atoms with Crippen molar-refractivity contribution in [3.63, 3.8) is 0 Å². The topological polar surface area (TPSA) is 12.0 Å². The standard InChI is InChI=1S/C15H21F2N/c1-3-8-18-15-7-5-12(10(15)2)11-4-6-13(16)14(17)9-11/h4,6,9-10,12,15,18H,3,5,7-8H2,1-2H3. The van der Waals surface area contributed by atoms with Crippen molar-refractivity contribution in [3.05, 3.63) is 35.4 Å². The molecule has 1 aromatic rings. The minimum absolute atomic E-state index is 0.342. The molecule has 0 spiro atoms. The SMILES string of the molecule is CCCNC1CCC(c2ccc(F)c(F)c2)C1C. The van der Waals surface area contributed by atoms with Crippen LogP contribution < -0.4 is 5.32 Å². The van der Waals surface area contributed by atoms with Gasteiger partial charge in [0.05, 0.1) is 0 Å². The van der Waals surface area contributed by atoms with Crippen LogP contribution in [0, 0.1) is 17.6 Å². The third kappa shape index (κ3) is 2.72. The highest BCUT2D eigenvalue weighted by Gasteiger charge is 2.33. The fourth-order valence-corrected chi connectivity index (χ4v) is 3.00. The molecule has 1 saturated carbocycles. The Kier molecular flexibility index (Phi) is 4.33. The van der Waals surface area contributed by atoms with Gasteiger partial charge >= 0.3 is 0 Å². The van der Waals surface area contributed by atoms with Crippen molar-refractivity contribution in [2.24, 2.45) is 5.92 Å². The van der Waals surface area contributed by atoms with Crippen LogP contribution in [0.5, 0.6) is 0 Å². The molecule has 3 unspecified atom stereocenters. The summed E-state index contributed by atoms with van der Waals surface area (Å²) in [5, 5.41) is 3.54. The van der Waals surface area contributed by atoms with Crippen LogP contribution >= 0.6 is 0 Å². The van der Waals surface area contributed by atoms with Gasteiger partial charge in [-0.3, -0.25) is 0 Å². The molecule has 3 heteroatoms. The summed E-state index contributed by atoms with van der Waals surface area (Å²) in [6.45, 7) is 5.38. The van der Waals surface area contributed by atoms with Crippen LogP contribution in [0.4, 0.5) is 8.78 Å². The number of hydrogen-bond donors (Lipinski definition) is 1. The van der Waals surface area contributed by atoms with E-state index in [0.29, 0.717) is 17.9 Å². The Balaban J connectivity index is 2.08. The van der Waals surface area contributed by atoms with Crippen LogP contribution in [0.2, 0.25) is 0 Å². The molecule has 0 aliphatic heterocycles. The molecule has 0 saturated heterocycles. The molecule has 0 bridgehead atoms. The lowest BCUT2D eigenvalue weighted by molar-refractivity contribution is 0.403. The first-order valence-electron chi connectivity index (χ1n) is 6.81. The van der Waals surface area contributed by atoms with Gasteiger partial charge in [-0.25, -0.2) is 8.78 Å². The minimum atomic E-state index is -0.759. The molecule has 1 aliphatic carbocycles. The predicted octanol–water partition coefficient (Wildman–Crippen LogP) is 3.85. The van der Waals surface area contributed by atoms with Gasteiger partial charge in [0.15, 0.2) is 11.6 Å². The average molecular weight is 253 g/mol. The number of hydrogen-bond acceptors (Lipinski definition) is 1. The molecular formula is C15H21F2N. The first-order valence-corrected chi connectivity index (χ1v) is 6.81. The van der Waals surface area contributed by atoms with E-state index in [1.807, 2.05) is 0 Å². The van der Waals surface area contributed by atoms with Crippen LogP contribution in [-0.2, 0) is 0 Å². The van der Waals surface area contributed by atoms with Crippen LogP contribution in [0.1, 0.15) is 44.6 Å². The molecule has 3 atom stereocenters. The Labute approximate surface area is 108 Å². The van der Waals surface area contributed by atoms with E-state index >= 15 is 0 Å². The monoisotopic (exact) mass is 253 g/mol. The average Bonchev–Trinajstić information content (AvgIpc) is 2.72. The van der Waals surface area contributed by atoms with Gasteiger partial charge in [-0.1, -0.05) is 19.9 Å². The van der Waals surface area contributed by atoms with Gasteiger partial charge in [-0.05, 0) is 55.3 Å². The molecule has 2 rings (SSSR count). The van der Waals surface area contributed by atoms with Gasteiger partial charge in [0, 0.05) is 6.04 Å². The minimum Gasteiger partial charge on any atom is -0.314 e. The molecular weight excluding hydrogens is 232 g/mol. The van der Waals surface area contributed by atoms with Crippen molar-refractivity contribution in [2.75, 3.05) is 6.54 Å².